The number of carbonyl (C=O) groups excluding carboxylic acids is 1. The molecule has 1 fully saturated rings. The van der Waals surface area contributed by atoms with E-state index in [4.69, 9.17) is 4.52 Å². The van der Waals surface area contributed by atoms with Crippen LogP contribution in [0.3, 0.4) is 0 Å². The third-order valence-electron chi connectivity index (χ3n) is 4.88. The lowest BCUT2D eigenvalue weighted by Gasteiger charge is -2.31. The van der Waals surface area contributed by atoms with Crippen molar-refractivity contribution in [2.24, 2.45) is 5.92 Å². The van der Waals surface area contributed by atoms with Gasteiger partial charge in [-0.1, -0.05) is 12.1 Å². The lowest BCUT2D eigenvalue weighted by molar-refractivity contribution is 0.171. The van der Waals surface area contributed by atoms with Crippen LogP contribution in [0.25, 0.3) is 0 Å². The van der Waals surface area contributed by atoms with Crippen molar-refractivity contribution in [1.29, 1.82) is 0 Å². The van der Waals surface area contributed by atoms with E-state index in [9.17, 15) is 4.79 Å². The molecular formula is C17H31N5O2. The Bertz CT molecular complexity index is 511. The molecule has 7 heteroatoms. The molecule has 0 radical (unpaired) electrons. The van der Waals surface area contributed by atoms with Gasteiger partial charge in [-0.25, -0.2) is 4.79 Å². The van der Waals surface area contributed by atoms with E-state index in [1.807, 2.05) is 6.92 Å². The molecule has 0 aliphatic carbocycles. The number of aryl methyl sites for hydroxylation is 1. The van der Waals surface area contributed by atoms with Crippen molar-refractivity contribution in [3.8, 4) is 0 Å². The molecule has 136 valence electrons. The zero-order valence-corrected chi connectivity index (χ0v) is 15.4. The highest BCUT2D eigenvalue weighted by Crippen LogP contribution is 2.20. The van der Waals surface area contributed by atoms with Crippen LogP contribution in [-0.4, -0.2) is 59.2 Å². The summed E-state index contributed by atoms with van der Waals surface area (Å²) >= 11 is 0. The Morgan fingerprint density at radius 3 is 2.75 bits per heavy atom. The molecule has 1 N–H and O–H groups in total. The van der Waals surface area contributed by atoms with Crippen LogP contribution in [-0.2, 0) is 0 Å². The molecule has 1 aromatic heterocycles. The quantitative estimate of drug-likeness (QED) is 0.828. The number of nitrogens with one attached hydrogen (secondary N) is 1. The van der Waals surface area contributed by atoms with Gasteiger partial charge in [0.15, 0.2) is 5.82 Å². The number of hydrogen-bond acceptors (Lipinski definition) is 5. The molecule has 0 saturated carbocycles. The normalized spacial score (nSPS) is 17.7. The van der Waals surface area contributed by atoms with E-state index >= 15 is 0 Å². The van der Waals surface area contributed by atoms with E-state index in [0.717, 1.165) is 18.9 Å². The summed E-state index contributed by atoms with van der Waals surface area (Å²) in [6.07, 6.45) is 4.76. The largest absolute Gasteiger partial charge is 0.338 e. The van der Waals surface area contributed by atoms with E-state index in [2.05, 4.69) is 27.3 Å². The molecule has 2 heterocycles. The average Bonchev–Trinajstić information content (AvgIpc) is 3.01. The molecule has 1 aliphatic rings. The van der Waals surface area contributed by atoms with Crippen molar-refractivity contribution in [3.63, 3.8) is 0 Å². The lowest BCUT2D eigenvalue weighted by atomic mass is 9.93. The van der Waals surface area contributed by atoms with Crippen molar-refractivity contribution < 1.29 is 9.32 Å². The maximum Gasteiger partial charge on any atom is 0.317 e. The number of amides is 2. The number of aromatic nitrogens is 2. The second kappa shape index (κ2) is 9.01. The van der Waals surface area contributed by atoms with Crippen LogP contribution in [0.15, 0.2) is 4.52 Å². The summed E-state index contributed by atoms with van der Waals surface area (Å²) in [5.41, 5.74) is 0. The minimum Gasteiger partial charge on any atom is -0.338 e. The van der Waals surface area contributed by atoms with E-state index < -0.39 is 0 Å². The van der Waals surface area contributed by atoms with Crippen LogP contribution in [0.1, 0.15) is 57.3 Å². The fourth-order valence-electron chi connectivity index (χ4n) is 3.15. The Balaban J connectivity index is 1.67. The van der Waals surface area contributed by atoms with Gasteiger partial charge in [-0.2, -0.15) is 4.98 Å². The van der Waals surface area contributed by atoms with Crippen molar-refractivity contribution >= 4 is 6.03 Å². The molecule has 1 atom stereocenters. The van der Waals surface area contributed by atoms with Gasteiger partial charge in [0.1, 0.15) is 6.04 Å². The van der Waals surface area contributed by atoms with Crippen molar-refractivity contribution in [1.82, 2.24) is 25.3 Å². The summed E-state index contributed by atoms with van der Waals surface area (Å²) < 4.78 is 5.14. The third-order valence-corrected chi connectivity index (χ3v) is 4.88. The minimum absolute atomic E-state index is 0.0956. The molecule has 2 amide bonds. The van der Waals surface area contributed by atoms with Gasteiger partial charge < -0.3 is 19.6 Å². The lowest BCUT2D eigenvalue weighted by Crippen LogP contribution is -2.40. The Morgan fingerprint density at radius 2 is 2.17 bits per heavy atom. The van der Waals surface area contributed by atoms with Crippen LogP contribution in [0.4, 0.5) is 4.79 Å². The molecule has 2 rings (SSSR count). The molecule has 1 aliphatic heterocycles. The summed E-state index contributed by atoms with van der Waals surface area (Å²) in [7, 11) is 1.75. The van der Waals surface area contributed by atoms with E-state index in [0.29, 0.717) is 11.7 Å². The number of urea groups is 1. The molecular weight excluding hydrogens is 306 g/mol. The second-order valence-corrected chi connectivity index (χ2v) is 6.77. The number of likely N-dealkylation sites (tertiary alicyclic amines) is 1. The molecule has 0 bridgehead atoms. The molecule has 7 nitrogen and oxygen atoms in total. The molecule has 1 saturated heterocycles. The van der Waals surface area contributed by atoms with Crippen molar-refractivity contribution in [2.75, 3.05) is 33.2 Å². The zero-order chi connectivity index (χ0) is 17.5. The topological polar surface area (TPSA) is 74.5 Å². The number of rotatable bonds is 7. The fraction of sp³-hybridized carbons (Fsp3) is 0.824. The van der Waals surface area contributed by atoms with Gasteiger partial charge in [-0.15, -0.1) is 0 Å². The summed E-state index contributed by atoms with van der Waals surface area (Å²) in [6, 6.07) is -0.328. The Labute approximate surface area is 144 Å². The molecule has 0 aromatic carbocycles. The minimum atomic E-state index is -0.233. The first-order chi connectivity index (χ1) is 11.5. The first kappa shape index (κ1) is 18.7. The van der Waals surface area contributed by atoms with Gasteiger partial charge in [0, 0.05) is 13.6 Å². The maximum absolute atomic E-state index is 12.3. The standard InChI is InChI=1S/C17H31N5O2/c1-5-10-22-11-7-15(8-12-22)6-9-18-17(23)21(4)13(2)16-19-14(3)20-24-16/h13,15H,5-12H2,1-4H3,(H,18,23)/t13-/m0/s1. The average molecular weight is 337 g/mol. The first-order valence-corrected chi connectivity index (χ1v) is 9.04. The Morgan fingerprint density at radius 1 is 1.46 bits per heavy atom. The van der Waals surface area contributed by atoms with E-state index in [1.165, 1.54) is 38.9 Å². The first-order valence-electron chi connectivity index (χ1n) is 9.04. The zero-order valence-electron chi connectivity index (χ0n) is 15.4. The second-order valence-electron chi connectivity index (χ2n) is 6.77. The molecule has 0 unspecified atom stereocenters. The highest BCUT2D eigenvalue weighted by atomic mass is 16.5. The summed E-state index contributed by atoms with van der Waals surface area (Å²) in [5, 5.41) is 6.78. The Hall–Kier alpha value is -1.63. The van der Waals surface area contributed by atoms with Gasteiger partial charge in [0.2, 0.25) is 5.89 Å². The van der Waals surface area contributed by atoms with Crippen molar-refractivity contribution in [3.05, 3.63) is 11.7 Å². The Kier molecular flexibility index (Phi) is 7.02. The maximum atomic E-state index is 12.3. The molecule has 1 aromatic rings. The van der Waals surface area contributed by atoms with Crippen LogP contribution in [0.2, 0.25) is 0 Å². The highest BCUT2D eigenvalue weighted by Gasteiger charge is 2.23. The number of hydrogen-bond donors (Lipinski definition) is 1. The predicted molar refractivity (Wildman–Crippen MR) is 92.7 cm³/mol. The monoisotopic (exact) mass is 337 g/mol. The van der Waals surface area contributed by atoms with E-state index in [-0.39, 0.29) is 12.1 Å². The molecule has 0 spiro atoms. The smallest absolute Gasteiger partial charge is 0.317 e. The van der Waals surface area contributed by atoms with E-state index in [1.54, 1.807) is 18.9 Å². The van der Waals surface area contributed by atoms with Gasteiger partial charge >= 0.3 is 6.03 Å². The van der Waals surface area contributed by atoms with Gasteiger partial charge in [0.25, 0.3) is 0 Å². The summed E-state index contributed by atoms with van der Waals surface area (Å²) in [5.74, 6) is 1.77. The van der Waals surface area contributed by atoms with Crippen LogP contribution in [0, 0.1) is 12.8 Å². The third kappa shape index (κ3) is 5.19. The number of nitrogens with zero attached hydrogens (tertiary/aromatic N) is 4. The SMILES string of the molecule is CCCN1CCC(CCNC(=O)N(C)[C@@H](C)c2nc(C)no2)CC1. The predicted octanol–water partition coefficient (Wildman–Crippen LogP) is 2.59. The van der Waals surface area contributed by atoms with Gasteiger partial charge in [0.05, 0.1) is 0 Å². The fourth-order valence-corrected chi connectivity index (χ4v) is 3.15. The van der Waals surface area contributed by atoms with Gasteiger partial charge in [-0.05, 0) is 65.1 Å². The highest BCUT2D eigenvalue weighted by molar-refractivity contribution is 5.74. The number of carbonyl (C=O) groups is 1. The van der Waals surface area contributed by atoms with Crippen LogP contribution >= 0.6 is 0 Å². The number of piperidine rings is 1. The van der Waals surface area contributed by atoms with Crippen LogP contribution in [0.5, 0.6) is 0 Å². The summed E-state index contributed by atoms with van der Waals surface area (Å²) in [6.45, 7) is 10.2. The van der Waals surface area contributed by atoms with Crippen LogP contribution < -0.4 is 5.32 Å². The molecule has 24 heavy (non-hydrogen) atoms. The van der Waals surface area contributed by atoms with Crippen molar-refractivity contribution in [2.45, 2.75) is 52.5 Å². The van der Waals surface area contributed by atoms with Gasteiger partial charge in [-0.3, -0.25) is 0 Å². The summed E-state index contributed by atoms with van der Waals surface area (Å²) in [4.78, 5) is 20.6.